The summed E-state index contributed by atoms with van der Waals surface area (Å²) in [6, 6.07) is 0. The van der Waals surface area contributed by atoms with Crippen LogP contribution < -0.4 is 0 Å². The molecule has 7 heavy (non-hydrogen) atoms. The summed E-state index contributed by atoms with van der Waals surface area (Å²) < 4.78 is -0.461. The Labute approximate surface area is 64.3 Å². The van der Waals surface area contributed by atoms with Crippen LogP contribution in [0.1, 0.15) is 0 Å². The fourth-order valence-corrected chi connectivity index (χ4v) is 2.10. The van der Waals surface area contributed by atoms with Gasteiger partial charge in [-0.25, -0.2) is 0 Å². The zero-order valence-corrected chi connectivity index (χ0v) is 10.3. The topological polar surface area (TPSA) is 40.5 Å². The SMILES string of the molecule is O[CH]([Hg])C(O)CS. The molecule has 0 radical (unpaired) electrons. The number of rotatable bonds is 2. The van der Waals surface area contributed by atoms with E-state index in [1.54, 1.807) is 0 Å². The molecule has 4 heteroatoms. The van der Waals surface area contributed by atoms with Crippen molar-refractivity contribution >= 4 is 12.6 Å². The minimum absolute atomic E-state index is 0.255. The van der Waals surface area contributed by atoms with Crippen LogP contribution >= 0.6 is 12.6 Å². The fraction of sp³-hybridized carbons (Fsp3) is 1.00. The second kappa shape index (κ2) is 4.12. The monoisotopic (exact) mass is 309 g/mol. The molecule has 2 atom stereocenters. The molecule has 0 bridgehead atoms. The van der Waals surface area contributed by atoms with Gasteiger partial charge in [-0.3, -0.25) is 0 Å². The summed E-state index contributed by atoms with van der Waals surface area (Å²) >= 11 is 4.03. The average molecular weight is 308 g/mol. The molecule has 0 heterocycles. The molecule has 39 valence electrons. The summed E-state index contributed by atoms with van der Waals surface area (Å²) in [5.74, 6) is 0.366. The molecule has 0 aromatic rings. The molecule has 2 nitrogen and oxygen atoms in total. The number of hydrogen-bond acceptors (Lipinski definition) is 3. The van der Waals surface area contributed by atoms with Gasteiger partial charge >= 0.3 is 64.4 Å². The summed E-state index contributed by atoms with van der Waals surface area (Å²) in [7, 11) is 0. The molecule has 0 saturated heterocycles. The zero-order chi connectivity index (χ0) is 5.86. The third kappa shape index (κ3) is 3.76. The first-order valence-electron chi connectivity index (χ1n) is 1.98. The first-order chi connectivity index (χ1) is 3.18. The molecule has 0 fully saturated rings. The van der Waals surface area contributed by atoms with Gasteiger partial charge < -0.3 is 0 Å². The number of hydrogen-bond donors (Lipinski definition) is 3. The third-order valence-electron chi connectivity index (χ3n) is 0.631. The molecule has 0 aliphatic carbocycles. The summed E-state index contributed by atoms with van der Waals surface area (Å²) in [5, 5.41) is 17.3. The quantitative estimate of drug-likeness (QED) is 0.459. The van der Waals surface area contributed by atoms with Crippen molar-refractivity contribution in [2.75, 3.05) is 5.75 Å². The Kier molecular flexibility index (Phi) is 4.83. The van der Waals surface area contributed by atoms with Gasteiger partial charge in [0.15, 0.2) is 0 Å². The van der Waals surface area contributed by atoms with E-state index in [4.69, 9.17) is 10.2 Å². The first-order valence-corrected chi connectivity index (χ1v) is 5.79. The van der Waals surface area contributed by atoms with Crippen LogP contribution in [0.2, 0.25) is 0 Å². The molecular weight excluding hydrogens is 301 g/mol. The molecule has 0 aliphatic rings. The third-order valence-corrected chi connectivity index (χ3v) is 3.12. The van der Waals surface area contributed by atoms with E-state index in [9.17, 15) is 0 Å². The van der Waals surface area contributed by atoms with Crippen LogP contribution in [0.5, 0.6) is 0 Å². The number of thiol groups is 1. The molecule has 2 N–H and O–H groups in total. The van der Waals surface area contributed by atoms with Gasteiger partial charge in [-0.1, -0.05) is 0 Å². The van der Waals surface area contributed by atoms with Crippen LogP contribution in [-0.4, -0.2) is 25.7 Å². The van der Waals surface area contributed by atoms with Gasteiger partial charge in [0.25, 0.3) is 0 Å². The summed E-state index contributed by atoms with van der Waals surface area (Å²) in [6.45, 7) is 0. The van der Waals surface area contributed by atoms with Crippen molar-refractivity contribution in [3.05, 3.63) is 0 Å². The number of aliphatic hydroxyl groups is 2. The van der Waals surface area contributed by atoms with Crippen molar-refractivity contribution < 1.29 is 36.3 Å². The van der Waals surface area contributed by atoms with E-state index in [2.05, 4.69) is 12.6 Å². The summed E-state index contributed by atoms with van der Waals surface area (Å²) in [5.41, 5.74) is 0. The predicted molar refractivity (Wildman–Crippen MR) is 25.9 cm³/mol. The second-order valence-corrected chi connectivity index (χ2v) is 4.93. The van der Waals surface area contributed by atoms with Crippen LogP contribution in [0.15, 0.2) is 0 Å². The van der Waals surface area contributed by atoms with Gasteiger partial charge in [0.1, 0.15) is 0 Å². The Morgan fingerprint density at radius 2 is 2.00 bits per heavy atom. The average Bonchev–Trinajstić information content (AvgIpc) is 1.65. The standard InChI is InChI=1S/C3H7O2S.Hg/c4-1-3(5)2-6;/h1,3-6H,2H2;. The molecule has 0 saturated carbocycles. The van der Waals surface area contributed by atoms with Gasteiger partial charge in [0.2, 0.25) is 0 Å². The molecule has 2 unspecified atom stereocenters. The van der Waals surface area contributed by atoms with E-state index < -0.39 is 9.72 Å². The Bertz CT molecular complexity index is 50.2. The van der Waals surface area contributed by atoms with E-state index in [0.29, 0.717) is 5.75 Å². The van der Waals surface area contributed by atoms with Gasteiger partial charge in [-0.05, 0) is 0 Å². The van der Waals surface area contributed by atoms with Crippen molar-refractivity contribution in [1.82, 2.24) is 0 Å². The predicted octanol–water partition coefficient (Wildman–Crippen LogP) is -0.858. The minimum atomic E-state index is -0.591. The van der Waals surface area contributed by atoms with Crippen molar-refractivity contribution in [3.63, 3.8) is 0 Å². The fourth-order valence-electron chi connectivity index (χ4n) is 0.122. The van der Waals surface area contributed by atoms with Gasteiger partial charge in [-0.2, -0.15) is 0 Å². The van der Waals surface area contributed by atoms with Crippen molar-refractivity contribution in [3.8, 4) is 0 Å². The van der Waals surface area contributed by atoms with E-state index in [1.165, 1.54) is 0 Å². The zero-order valence-electron chi connectivity index (χ0n) is 3.91. The maximum absolute atomic E-state index is 8.66. The molecule has 0 spiro atoms. The molecule has 0 aliphatic heterocycles. The Hall–Kier alpha value is 1.21. The van der Waals surface area contributed by atoms with E-state index in [0.717, 1.165) is 0 Å². The molecule has 0 aromatic heterocycles. The number of aliphatic hydroxyl groups excluding tert-OH is 2. The van der Waals surface area contributed by atoms with Crippen molar-refractivity contribution in [2.45, 2.75) is 9.72 Å². The van der Waals surface area contributed by atoms with Crippen molar-refractivity contribution in [1.29, 1.82) is 0 Å². The Morgan fingerprint density at radius 3 is 2.00 bits per heavy atom. The van der Waals surface area contributed by atoms with Crippen LogP contribution in [0.4, 0.5) is 0 Å². The Morgan fingerprint density at radius 1 is 1.57 bits per heavy atom. The van der Waals surface area contributed by atoms with E-state index >= 15 is 0 Å². The van der Waals surface area contributed by atoms with Crippen LogP contribution in [0.25, 0.3) is 0 Å². The van der Waals surface area contributed by atoms with E-state index in [-0.39, 0.29) is 26.1 Å². The van der Waals surface area contributed by atoms with Crippen LogP contribution in [-0.2, 0) is 26.1 Å². The van der Waals surface area contributed by atoms with Crippen LogP contribution in [0, 0.1) is 0 Å². The second-order valence-electron chi connectivity index (χ2n) is 1.32. The van der Waals surface area contributed by atoms with E-state index in [1.807, 2.05) is 0 Å². The van der Waals surface area contributed by atoms with Gasteiger partial charge in [0.05, 0.1) is 0 Å². The molecule has 0 amide bonds. The maximum atomic E-state index is 8.66. The normalized spacial score (nSPS) is 19.0. The molecule has 0 aromatic carbocycles. The van der Waals surface area contributed by atoms with Gasteiger partial charge in [-0.15, -0.1) is 0 Å². The van der Waals surface area contributed by atoms with Crippen molar-refractivity contribution in [2.24, 2.45) is 0 Å². The first kappa shape index (κ1) is 8.21. The Balaban J connectivity index is 3.14. The summed E-state index contributed by atoms with van der Waals surface area (Å²) in [4.78, 5) is 0. The van der Waals surface area contributed by atoms with Crippen LogP contribution in [0.3, 0.4) is 0 Å². The van der Waals surface area contributed by atoms with Gasteiger partial charge in [0, 0.05) is 0 Å². The molecule has 0 rings (SSSR count). The summed E-state index contributed by atoms with van der Waals surface area (Å²) in [6.07, 6.45) is -0.591. The molecular formula is C3H7HgO2S.